The number of rotatable bonds is 4. The van der Waals surface area contributed by atoms with E-state index in [9.17, 15) is 14.9 Å². The van der Waals surface area contributed by atoms with Crippen LogP contribution in [0.2, 0.25) is 0 Å². The number of carbonyl (C=O) groups is 1. The van der Waals surface area contributed by atoms with Crippen LogP contribution in [-0.4, -0.2) is 21.1 Å². The van der Waals surface area contributed by atoms with Crippen molar-refractivity contribution < 1.29 is 19.9 Å². The number of nitrogen functional groups attached to an aromatic ring is 1. The van der Waals surface area contributed by atoms with Gasteiger partial charge in [-0.25, -0.2) is 0 Å². The highest BCUT2D eigenvalue weighted by molar-refractivity contribution is 5.66. The standard InChI is InChI=1S/C6H6N2O3.C5H10O2/c7-5-2-1-4(8(10)11)3-6(5)9;1-2-3-4-5(6)7/h1-3,9H,7H2;2-4H2,1H3,(H,6,7). The van der Waals surface area contributed by atoms with Crippen LogP contribution in [-0.2, 0) is 4.79 Å². The molecular formula is C11H16N2O5. The van der Waals surface area contributed by atoms with E-state index in [4.69, 9.17) is 15.9 Å². The molecule has 0 aliphatic carbocycles. The minimum Gasteiger partial charge on any atom is -0.506 e. The van der Waals surface area contributed by atoms with E-state index < -0.39 is 10.9 Å². The molecule has 7 heteroatoms. The lowest BCUT2D eigenvalue weighted by Gasteiger charge is -1.95. The maximum atomic E-state index is 10.1. The van der Waals surface area contributed by atoms with Crippen LogP contribution >= 0.6 is 0 Å². The minimum absolute atomic E-state index is 0.135. The van der Waals surface area contributed by atoms with Gasteiger partial charge >= 0.3 is 5.97 Å². The third kappa shape index (κ3) is 6.31. The van der Waals surface area contributed by atoms with Gasteiger partial charge in [0.15, 0.2) is 0 Å². The van der Waals surface area contributed by atoms with Gasteiger partial charge in [0.25, 0.3) is 5.69 Å². The molecule has 0 aliphatic rings. The second kappa shape index (κ2) is 7.88. The maximum absolute atomic E-state index is 10.1. The zero-order valence-electron chi connectivity index (χ0n) is 10.00. The van der Waals surface area contributed by atoms with Crippen molar-refractivity contribution in [1.82, 2.24) is 0 Å². The van der Waals surface area contributed by atoms with Crippen LogP contribution in [0.5, 0.6) is 5.75 Å². The van der Waals surface area contributed by atoms with E-state index in [1.165, 1.54) is 12.1 Å². The average Bonchev–Trinajstić information content (AvgIpc) is 2.30. The first-order valence-corrected chi connectivity index (χ1v) is 5.33. The van der Waals surface area contributed by atoms with Crippen molar-refractivity contribution in [2.75, 3.05) is 5.73 Å². The van der Waals surface area contributed by atoms with Gasteiger partial charge in [0.1, 0.15) is 5.75 Å². The number of aliphatic carboxylic acids is 1. The van der Waals surface area contributed by atoms with Gasteiger partial charge in [0, 0.05) is 12.5 Å². The fourth-order valence-corrected chi connectivity index (χ4v) is 0.974. The second-order valence-corrected chi connectivity index (χ2v) is 3.50. The van der Waals surface area contributed by atoms with Crippen molar-refractivity contribution in [2.24, 2.45) is 0 Å². The number of non-ortho nitro benzene ring substituents is 1. The number of anilines is 1. The number of carboxylic acids is 1. The van der Waals surface area contributed by atoms with Crippen LogP contribution < -0.4 is 5.73 Å². The first-order chi connectivity index (χ1) is 8.38. The molecule has 0 heterocycles. The van der Waals surface area contributed by atoms with E-state index in [0.29, 0.717) is 6.42 Å². The molecule has 0 bridgehead atoms. The van der Waals surface area contributed by atoms with Crippen LogP contribution in [0.25, 0.3) is 0 Å². The Morgan fingerprint density at radius 3 is 2.44 bits per heavy atom. The summed E-state index contributed by atoms with van der Waals surface area (Å²) in [5, 5.41) is 27.1. The summed E-state index contributed by atoms with van der Waals surface area (Å²) in [4.78, 5) is 19.3. The molecule has 0 aliphatic heterocycles. The van der Waals surface area contributed by atoms with Gasteiger partial charge in [-0.15, -0.1) is 0 Å². The summed E-state index contributed by atoms with van der Waals surface area (Å²) >= 11 is 0. The fraction of sp³-hybridized carbons (Fsp3) is 0.364. The number of nitro groups is 1. The summed E-state index contributed by atoms with van der Waals surface area (Å²) in [5.74, 6) is -0.957. The molecule has 0 aromatic heterocycles. The van der Waals surface area contributed by atoms with Gasteiger partial charge in [0.2, 0.25) is 0 Å². The molecule has 0 saturated carbocycles. The lowest BCUT2D eigenvalue weighted by molar-refractivity contribution is -0.384. The first-order valence-electron chi connectivity index (χ1n) is 5.33. The molecule has 0 saturated heterocycles. The summed E-state index contributed by atoms with van der Waals surface area (Å²) in [6, 6.07) is 3.53. The number of hydrogen-bond acceptors (Lipinski definition) is 5. The molecule has 0 amide bonds. The average molecular weight is 256 g/mol. The molecule has 7 nitrogen and oxygen atoms in total. The number of carboxylic acid groups (broad SMARTS) is 1. The van der Waals surface area contributed by atoms with Gasteiger partial charge in [-0.1, -0.05) is 13.3 Å². The Kier molecular flexibility index (Phi) is 6.87. The second-order valence-electron chi connectivity index (χ2n) is 3.50. The fourth-order valence-electron chi connectivity index (χ4n) is 0.974. The van der Waals surface area contributed by atoms with E-state index in [-0.39, 0.29) is 17.1 Å². The van der Waals surface area contributed by atoms with Crippen molar-refractivity contribution in [3.05, 3.63) is 28.3 Å². The Morgan fingerprint density at radius 1 is 1.50 bits per heavy atom. The quantitative estimate of drug-likeness (QED) is 0.328. The Balaban J connectivity index is 0.000000360. The van der Waals surface area contributed by atoms with E-state index >= 15 is 0 Å². The Hall–Kier alpha value is -2.31. The van der Waals surface area contributed by atoms with Crippen molar-refractivity contribution in [3.63, 3.8) is 0 Å². The number of nitrogens with zero attached hydrogens (tertiary/aromatic N) is 1. The largest absolute Gasteiger partial charge is 0.506 e. The summed E-state index contributed by atoms with van der Waals surface area (Å²) < 4.78 is 0. The zero-order chi connectivity index (χ0) is 14.1. The Morgan fingerprint density at radius 2 is 2.11 bits per heavy atom. The number of aromatic hydroxyl groups is 1. The number of hydrogen-bond donors (Lipinski definition) is 3. The molecular weight excluding hydrogens is 240 g/mol. The molecule has 1 aromatic carbocycles. The highest BCUT2D eigenvalue weighted by Gasteiger charge is 2.06. The Labute approximate surface area is 104 Å². The molecule has 0 fully saturated rings. The van der Waals surface area contributed by atoms with Crippen LogP contribution in [0.4, 0.5) is 11.4 Å². The number of unbranched alkanes of at least 4 members (excludes halogenated alkanes) is 1. The number of nitro benzene ring substituents is 1. The first kappa shape index (κ1) is 15.7. The molecule has 0 radical (unpaired) electrons. The highest BCUT2D eigenvalue weighted by atomic mass is 16.6. The summed E-state index contributed by atoms with van der Waals surface area (Å²) in [5.41, 5.74) is 5.18. The highest BCUT2D eigenvalue weighted by Crippen LogP contribution is 2.24. The van der Waals surface area contributed by atoms with E-state index in [1.54, 1.807) is 0 Å². The van der Waals surface area contributed by atoms with Crippen molar-refractivity contribution >= 4 is 17.3 Å². The monoisotopic (exact) mass is 256 g/mol. The van der Waals surface area contributed by atoms with E-state index in [0.717, 1.165) is 18.9 Å². The Bertz CT molecular complexity index is 420. The van der Waals surface area contributed by atoms with Gasteiger partial charge in [-0.2, -0.15) is 0 Å². The van der Waals surface area contributed by atoms with Crippen molar-refractivity contribution in [2.45, 2.75) is 26.2 Å². The molecule has 18 heavy (non-hydrogen) atoms. The SMILES string of the molecule is CCCCC(=O)O.Nc1ccc([N+](=O)[O-])cc1O. The molecule has 0 unspecified atom stereocenters. The molecule has 0 spiro atoms. The van der Waals surface area contributed by atoms with Gasteiger partial charge < -0.3 is 15.9 Å². The third-order valence-corrected chi connectivity index (χ3v) is 1.97. The molecule has 0 atom stereocenters. The summed E-state index contributed by atoms with van der Waals surface area (Å²) in [6.45, 7) is 1.98. The third-order valence-electron chi connectivity index (χ3n) is 1.97. The lowest BCUT2D eigenvalue weighted by Crippen LogP contribution is -1.91. The smallest absolute Gasteiger partial charge is 0.303 e. The molecule has 4 N–H and O–H groups in total. The predicted molar refractivity (Wildman–Crippen MR) is 66.3 cm³/mol. The molecule has 100 valence electrons. The normalized spacial score (nSPS) is 9.17. The number of nitrogens with two attached hydrogens (primary N) is 1. The van der Waals surface area contributed by atoms with Gasteiger partial charge in [-0.05, 0) is 12.5 Å². The zero-order valence-corrected chi connectivity index (χ0v) is 10.00. The summed E-state index contributed by atoms with van der Waals surface area (Å²) in [7, 11) is 0. The van der Waals surface area contributed by atoms with E-state index in [1.807, 2.05) is 6.92 Å². The molecule has 1 aromatic rings. The van der Waals surface area contributed by atoms with Crippen LogP contribution in [0, 0.1) is 10.1 Å². The van der Waals surface area contributed by atoms with Gasteiger partial charge in [0.05, 0.1) is 16.7 Å². The minimum atomic E-state index is -0.693. The van der Waals surface area contributed by atoms with Crippen LogP contribution in [0.3, 0.4) is 0 Å². The van der Waals surface area contributed by atoms with Crippen LogP contribution in [0.15, 0.2) is 18.2 Å². The maximum Gasteiger partial charge on any atom is 0.303 e. The lowest BCUT2D eigenvalue weighted by atomic mass is 10.3. The van der Waals surface area contributed by atoms with Gasteiger partial charge in [-0.3, -0.25) is 14.9 Å². The van der Waals surface area contributed by atoms with Crippen molar-refractivity contribution in [1.29, 1.82) is 0 Å². The number of benzene rings is 1. The van der Waals surface area contributed by atoms with E-state index in [2.05, 4.69) is 0 Å². The topological polar surface area (TPSA) is 127 Å². The predicted octanol–water partition coefficient (Wildman–Crippen LogP) is 2.14. The van der Waals surface area contributed by atoms with Crippen LogP contribution in [0.1, 0.15) is 26.2 Å². The number of phenolic OH excluding ortho intramolecular Hbond substituents is 1. The van der Waals surface area contributed by atoms with Crippen molar-refractivity contribution in [3.8, 4) is 5.75 Å². The molecule has 1 rings (SSSR count). The summed E-state index contributed by atoms with van der Waals surface area (Å²) in [6.07, 6.45) is 2.08. The number of phenols is 1.